The lowest BCUT2D eigenvalue weighted by molar-refractivity contribution is -0.159. The van der Waals surface area contributed by atoms with Gasteiger partial charge in [0.15, 0.2) is 0 Å². The molecule has 45 heavy (non-hydrogen) atoms. The van der Waals surface area contributed by atoms with E-state index in [9.17, 15) is 19.2 Å². The van der Waals surface area contributed by atoms with Crippen LogP contribution in [-0.4, -0.2) is 58.6 Å². The van der Waals surface area contributed by atoms with Gasteiger partial charge in [0.2, 0.25) is 11.8 Å². The van der Waals surface area contributed by atoms with Gasteiger partial charge in [-0.05, 0) is 77.5 Å². The van der Waals surface area contributed by atoms with Crippen LogP contribution in [0.3, 0.4) is 0 Å². The molecular formula is C36H53N3O6. The van der Waals surface area contributed by atoms with Crippen LogP contribution in [0.4, 0.5) is 4.79 Å². The zero-order chi connectivity index (χ0) is 33.9. The first-order chi connectivity index (χ1) is 20.9. The number of amides is 3. The zero-order valence-electron chi connectivity index (χ0n) is 28.7. The maximum atomic E-state index is 14.5. The average Bonchev–Trinajstić information content (AvgIpc) is 2.92. The summed E-state index contributed by atoms with van der Waals surface area (Å²) in [5.41, 5.74) is 0.760. The molecule has 2 N–H and O–H groups in total. The third-order valence-corrected chi connectivity index (χ3v) is 6.97. The quantitative estimate of drug-likeness (QED) is 0.254. The Balaban J connectivity index is 2.60. The molecule has 9 nitrogen and oxygen atoms in total. The van der Waals surface area contributed by atoms with Gasteiger partial charge in [-0.15, -0.1) is 0 Å². The molecule has 2 aromatic carbocycles. The molecular weight excluding hydrogens is 570 g/mol. The molecule has 0 aliphatic rings. The molecule has 248 valence electrons. The van der Waals surface area contributed by atoms with Crippen LogP contribution in [0.15, 0.2) is 54.6 Å². The summed E-state index contributed by atoms with van der Waals surface area (Å²) in [6.07, 6.45) is 0.888. The number of ether oxygens (including phenoxy) is 2. The van der Waals surface area contributed by atoms with Crippen LogP contribution in [0.1, 0.15) is 97.9 Å². The number of unbranched alkanes of at least 4 members (excludes halogenated alkanes) is 1. The van der Waals surface area contributed by atoms with Gasteiger partial charge in [0.25, 0.3) is 0 Å². The lowest BCUT2D eigenvalue weighted by Gasteiger charge is -2.36. The van der Waals surface area contributed by atoms with Gasteiger partial charge in [0.05, 0.1) is 0 Å². The molecule has 0 bridgehead atoms. The summed E-state index contributed by atoms with van der Waals surface area (Å²) in [4.78, 5) is 56.7. The number of benzene rings is 2. The van der Waals surface area contributed by atoms with Crippen molar-refractivity contribution < 1.29 is 28.7 Å². The number of hydrogen-bond acceptors (Lipinski definition) is 6. The minimum absolute atomic E-state index is 0.208. The van der Waals surface area contributed by atoms with Crippen molar-refractivity contribution in [2.75, 3.05) is 6.54 Å². The molecule has 0 aromatic heterocycles. The number of carbonyl (C=O) groups excluding carboxylic acids is 4. The molecule has 3 atom stereocenters. The average molecular weight is 624 g/mol. The molecule has 0 fully saturated rings. The van der Waals surface area contributed by atoms with E-state index < -0.39 is 53.2 Å². The molecule has 0 heterocycles. The molecule has 0 aliphatic carbocycles. The van der Waals surface area contributed by atoms with Gasteiger partial charge in [-0.25, -0.2) is 9.59 Å². The van der Waals surface area contributed by atoms with E-state index in [4.69, 9.17) is 9.47 Å². The summed E-state index contributed by atoms with van der Waals surface area (Å²) >= 11 is 0. The zero-order valence-corrected chi connectivity index (χ0v) is 28.7. The van der Waals surface area contributed by atoms with Crippen LogP contribution in [0, 0.1) is 12.8 Å². The number of rotatable bonds is 13. The van der Waals surface area contributed by atoms with Crippen molar-refractivity contribution in [1.82, 2.24) is 15.5 Å². The monoisotopic (exact) mass is 623 g/mol. The topological polar surface area (TPSA) is 114 Å². The maximum Gasteiger partial charge on any atom is 0.408 e. The van der Waals surface area contributed by atoms with Gasteiger partial charge >= 0.3 is 12.1 Å². The predicted octanol–water partition coefficient (Wildman–Crippen LogP) is 6.28. The summed E-state index contributed by atoms with van der Waals surface area (Å²) < 4.78 is 11.2. The van der Waals surface area contributed by atoms with Gasteiger partial charge < -0.3 is 25.0 Å². The van der Waals surface area contributed by atoms with Crippen LogP contribution in [-0.2, 0) is 30.3 Å². The maximum absolute atomic E-state index is 14.5. The number of hydrogen-bond donors (Lipinski definition) is 2. The predicted molar refractivity (Wildman–Crippen MR) is 176 cm³/mol. The smallest absolute Gasteiger partial charge is 0.408 e. The Hall–Kier alpha value is -3.88. The van der Waals surface area contributed by atoms with Crippen molar-refractivity contribution in [3.63, 3.8) is 0 Å². The Morgan fingerprint density at radius 2 is 1.40 bits per heavy atom. The van der Waals surface area contributed by atoms with E-state index in [-0.39, 0.29) is 18.9 Å². The lowest BCUT2D eigenvalue weighted by Crippen LogP contribution is -2.56. The lowest BCUT2D eigenvalue weighted by atomic mass is 9.95. The Morgan fingerprint density at radius 3 is 1.93 bits per heavy atom. The highest BCUT2D eigenvalue weighted by Gasteiger charge is 2.39. The molecule has 3 amide bonds. The fraction of sp³-hybridized carbons (Fsp3) is 0.556. The van der Waals surface area contributed by atoms with E-state index in [1.54, 1.807) is 41.5 Å². The number of nitrogens with zero attached hydrogens (tertiary/aromatic N) is 1. The van der Waals surface area contributed by atoms with E-state index in [0.717, 1.165) is 17.5 Å². The van der Waals surface area contributed by atoms with Crippen LogP contribution < -0.4 is 10.6 Å². The SMILES string of the molecule is CCCCN(C(=O)C(NC(=O)OC(C)(C)C)C(C)C)C(C(=O)NC(Cc1ccccc1)C(=O)OC(C)(C)C)c1ccccc1C. The van der Waals surface area contributed by atoms with Crippen LogP contribution in [0.2, 0.25) is 0 Å². The molecule has 0 saturated heterocycles. The van der Waals surface area contributed by atoms with Crippen molar-refractivity contribution in [3.8, 4) is 0 Å². The fourth-order valence-electron chi connectivity index (χ4n) is 4.83. The molecule has 0 radical (unpaired) electrons. The van der Waals surface area contributed by atoms with Gasteiger partial charge in [-0.3, -0.25) is 9.59 Å². The number of carbonyl (C=O) groups is 4. The van der Waals surface area contributed by atoms with Crippen molar-refractivity contribution in [1.29, 1.82) is 0 Å². The summed E-state index contributed by atoms with van der Waals surface area (Å²) in [6.45, 7) is 18.4. The standard InChI is InChI=1S/C36H53N3O6/c1-11-12-22-39(32(41)29(24(2)3)38-34(43)45-36(8,9)10)30(27-21-17-16-18-25(27)4)31(40)37-28(33(42)44-35(5,6)7)23-26-19-14-13-15-20-26/h13-21,24,28-30H,11-12,22-23H2,1-10H3,(H,37,40)(H,38,43). The first-order valence-electron chi connectivity index (χ1n) is 15.9. The van der Waals surface area contributed by atoms with Crippen molar-refractivity contribution >= 4 is 23.9 Å². The highest BCUT2D eigenvalue weighted by molar-refractivity contribution is 5.94. The fourth-order valence-corrected chi connectivity index (χ4v) is 4.83. The highest BCUT2D eigenvalue weighted by Crippen LogP contribution is 2.28. The Kier molecular flexibility index (Phi) is 13.6. The van der Waals surface area contributed by atoms with Crippen molar-refractivity contribution in [2.24, 2.45) is 5.92 Å². The summed E-state index contributed by atoms with van der Waals surface area (Å²) in [6, 6.07) is 13.7. The van der Waals surface area contributed by atoms with Crippen molar-refractivity contribution in [2.45, 2.75) is 118 Å². The second-order valence-electron chi connectivity index (χ2n) is 13.8. The van der Waals surface area contributed by atoms with E-state index >= 15 is 0 Å². The first-order valence-corrected chi connectivity index (χ1v) is 15.9. The Bertz CT molecular complexity index is 1280. The van der Waals surface area contributed by atoms with E-state index in [2.05, 4.69) is 10.6 Å². The van der Waals surface area contributed by atoms with Gasteiger partial charge in [0, 0.05) is 13.0 Å². The minimum atomic E-state index is -1.08. The second-order valence-corrected chi connectivity index (χ2v) is 13.8. The summed E-state index contributed by atoms with van der Waals surface area (Å²) in [5, 5.41) is 5.69. The normalized spacial score (nSPS) is 13.8. The number of nitrogens with one attached hydrogen (secondary N) is 2. The Labute approximate surface area is 269 Å². The number of aryl methyl sites for hydroxylation is 1. The largest absolute Gasteiger partial charge is 0.458 e. The van der Waals surface area contributed by atoms with Crippen LogP contribution >= 0.6 is 0 Å². The van der Waals surface area contributed by atoms with Crippen LogP contribution in [0.5, 0.6) is 0 Å². The molecule has 0 aliphatic heterocycles. The highest BCUT2D eigenvalue weighted by atomic mass is 16.6. The van der Waals surface area contributed by atoms with E-state index in [1.807, 2.05) is 82.3 Å². The second kappa shape index (κ2) is 16.4. The van der Waals surface area contributed by atoms with E-state index in [0.29, 0.717) is 12.0 Å². The minimum Gasteiger partial charge on any atom is -0.458 e. The van der Waals surface area contributed by atoms with Gasteiger partial charge in [-0.2, -0.15) is 0 Å². The number of esters is 1. The molecule has 0 saturated carbocycles. The molecule has 0 spiro atoms. The molecule has 2 rings (SSSR count). The van der Waals surface area contributed by atoms with Crippen LogP contribution in [0.25, 0.3) is 0 Å². The van der Waals surface area contributed by atoms with Gasteiger partial charge in [0.1, 0.15) is 29.3 Å². The van der Waals surface area contributed by atoms with E-state index in [1.165, 1.54) is 4.90 Å². The van der Waals surface area contributed by atoms with Gasteiger partial charge in [-0.1, -0.05) is 81.8 Å². The third kappa shape index (κ3) is 12.2. The molecule has 9 heteroatoms. The third-order valence-electron chi connectivity index (χ3n) is 6.97. The molecule has 2 aromatic rings. The number of alkyl carbamates (subject to hydrolysis) is 1. The first kappa shape index (κ1) is 37.3. The summed E-state index contributed by atoms with van der Waals surface area (Å²) in [7, 11) is 0. The molecule has 3 unspecified atom stereocenters. The Morgan fingerprint density at radius 1 is 0.822 bits per heavy atom. The summed E-state index contributed by atoms with van der Waals surface area (Å²) in [5.74, 6) is -1.80. The van der Waals surface area contributed by atoms with Crippen molar-refractivity contribution in [3.05, 3.63) is 71.3 Å².